The minimum atomic E-state index is -4.59. The maximum Gasteiger partial charge on any atom is 0.416 e. The number of rotatable bonds is 5. The first-order valence-corrected chi connectivity index (χ1v) is 10.4. The number of fused-ring (bicyclic) bond motifs is 1. The van der Waals surface area contributed by atoms with Gasteiger partial charge >= 0.3 is 6.18 Å². The minimum Gasteiger partial charge on any atom is -0.482 e. The predicted octanol–water partition coefficient (Wildman–Crippen LogP) is 2.95. The van der Waals surface area contributed by atoms with Crippen LogP contribution in [0.3, 0.4) is 0 Å². The summed E-state index contributed by atoms with van der Waals surface area (Å²) in [6, 6.07) is 6.26. The molecule has 3 rings (SSSR count). The van der Waals surface area contributed by atoms with E-state index in [4.69, 9.17) is 16.3 Å². The molecule has 0 unspecified atom stereocenters. The SMILES string of the molecule is CN(CC(=O)Nc1cccc(C(F)(F)F)c1)S(=O)(=O)c1cc2c(cc1Cl)NC(=O)CO2. The summed E-state index contributed by atoms with van der Waals surface area (Å²) in [4.78, 5) is 23.2. The van der Waals surface area contributed by atoms with Crippen LogP contribution < -0.4 is 15.4 Å². The first kappa shape index (κ1) is 22.8. The van der Waals surface area contributed by atoms with Gasteiger partial charge in [0.25, 0.3) is 5.91 Å². The lowest BCUT2D eigenvalue weighted by Gasteiger charge is -2.22. The smallest absolute Gasteiger partial charge is 0.416 e. The van der Waals surface area contributed by atoms with Gasteiger partial charge in [-0.3, -0.25) is 9.59 Å². The highest BCUT2D eigenvalue weighted by atomic mass is 35.5. The monoisotopic (exact) mass is 477 g/mol. The Morgan fingerprint density at radius 2 is 2.00 bits per heavy atom. The Kier molecular flexibility index (Phi) is 6.16. The van der Waals surface area contributed by atoms with Gasteiger partial charge in [-0.25, -0.2) is 8.42 Å². The lowest BCUT2D eigenvalue weighted by Crippen LogP contribution is -2.35. The van der Waals surface area contributed by atoms with Crippen molar-refractivity contribution in [2.45, 2.75) is 11.1 Å². The first-order chi connectivity index (χ1) is 14.4. The van der Waals surface area contributed by atoms with Crippen LogP contribution in [0.4, 0.5) is 24.5 Å². The number of alkyl halides is 3. The molecule has 8 nitrogen and oxygen atoms in total. The summed E-state index contributed by atoms with van der Waals surface area (Å²) in [7, 11) is -3.16. The zero-order valence-corrected chi connectivity index (χ0v) is 17.4. The summed E-state index contributed by atoms with van der Waals surface area (Å²) in [5.74, 6) is -1.20. The lowest BCUT2D eigenvalue weighted by molar-refractivity contribution is -0.137. The van der Waals surface area contributed by atoms with Crippen molar-refractivity contribution in [3.05, 3.63) is 47.0 Å². The maximum atomic E-state index is 12.8. The van der Waals surface area contributed by atoms with Gasteiger partial charge in [-0.15, -0.1) is 0 Å². The van der Waals surface area contributed by atoms with Gasteiger partial charge in [0, 0.05) is 18.8 Å². The molecular weight excluding hydrogens is 463 g/mol. The number of nitrogens with zero attached hydrogens (tertiary/aromatic N) is 1. The molecule has 2 aromatic rings. The van der Waals surface area contributed by atoms with Gasteiger partial charge < -0.3 is 15.4 Å². The summed E-state index contributed by atoms with van der Waals surface area (Å²) in [5.41, 5.74) is -0.897. The van der Waals surface area contributed by atoms with Crippen molar-refractivity contribution in [1.29, 1.82) is 0 Å². The second kappa shape index (κ2) is 8.36. The van der Waals surface area contributed by atoms with Crippen molar-refractivity contribution >= 4 is 44.8 Å². The van der Waals surface area contributed by atoms with Crippen molar-refractivity contribution in [3.8, 4) is 5.75 Å². The average Bonchev–Trinajstić information content (AvgIpc) is 2.66. The van der Waals surface area contributed by atoms with Crippen molar-refractivity contribution in [3.63, 3.8) is 0 Å². The van der Waals surface area contributed by atoms with Crippen LogP contribution in [-0.4, -0.2) is 44.7 Å². The van der Waals surface area contributed by atoms with E-state index in [1.165, 1.54) is 12.1 Å². The molecule has 0 atom stereocenters. The Bertz CT molecular complexity index is 1150. The van der Waals surface area contributed by atoms with Gasteiger partial charge in [-0.05, 0) is 24.3 Å². The van der Waals surface area contributed by atoms with E-state index in [-0.39, 0.29) is 33.6 Å². The van der Waals surface area contributed by atoms with Crippen LogP contribution in [0.25, 0.3) is 0 Å². The molecule has 2 aromatic carbocycles. The number of hydrogen-bond acceptors (Lipinski definition) is 5. The highest BCUT2D eigenvalue weighted by Crippen LogP contribution is 2.36. The molecule has 31 heavy (non-hydrogen) atoms. The number of benzene rings is 2. The fraction of sp³-hybridized carbons (Fsp3) is 0.222. The number of anilines is 2. The van der Waals surface area contributed by atoms with Crippen LogP contribution in [0.1, 0.15) is 5.56 Å². The molecule has 0 radical (unpaired) electrons. The van der Waals surface area contributed by atoms with Crippen molar-refractivity contribution in [1.82, 2.24) is 4.31 Å². The molecule has 13 heteroatoms. The molecule has 0 aromatic heterocycles. The Balaban J connectivity index is 1.76. The number of halogens is 4. The van der Waals surface area contributed by atoms with Crippen LogP contribution in [-0.2, 0) is 25.8 Å². The van der Waals surface area contributed by atoms with Gasteiger partial charge in [0.1, 0.15) is 10.6 Å². The van der Waals surface area contributed by atoms with E-state index in [9.17, 15) is 31.2 Å². The molecule has 0 aliphatic carbocycles. The third-order valence-corrected chi connectivity index (χ3v) is 6.46. The Morgan fingerprint density at radius 3 is 2.68 bits per heavy atom. The van der Waals surface area contributed by atoms with E-state index in [0.29, 0.717) is 4.31 Å². The molecule has 0 bridgehead atoms. The van der Waals surface area contributed by atoms with Crippen molar-refractivity contribution < 1.29 is 35.9 Å². The zero-order chi connectivity index (χ0) is 23.0. The largest absolute Gasteiger partial charge is 0.482 e. The predicted molar refractivity (Wildman–Crippen MR) is 105 cm³/mol. The molecule has 1 aliphatic heterocycles. The maximum absolute atomic E-state index is 12.8. The second-order valence-corrected chi connectivity index (χ2v) is 8.92. The number of likely N-dealkylation sites (N-methyl/N-ethyl adjacent to an activating group) is 1. The molecule has 2 N–H and O–H groups in total. The molecule has 0 saturated carbocycles. The number of sulfonamides is 1. The first-order valence-electron chi connectivity index (χ1n) is 8.57. The molecular formula is C18H15ClF3N3O5S. The van der Waals surface area contributed by atoms with Crippen LogP contribution in [0.5, 0.6) is 5.75 Å². The van der Waals surface area contributed by atoms with E-state index in [2.05, 4.69) is 10.6 Å². The summed E-state index contributed by atoms with van der Waals surface area (Å²) >= 11 is 6.04. The van der Waals surface area contributed by atoms with Crippen LogP contribution in [0.2, 0.25) is 5.02 Å². The number of amides is 2. The van der Waals surface area contributed by atoms with Crippen molar-refractivity contribution in [2.75, 3.05) is 30.8 Å². The van der Waals surface area contributed by atoms with E-state index in [1.54, 1.807) is 0 Å². The van der Waals surface area contributed by atoms with E-state index < -0.39 is 40.1 Å². The van der Waals surface area contributed by atoms with Crippen LogP contribution in [0.15, 0.2) is 41.3 Å². The normalized spacial score (nSPS) is 13.9. The number of nitrogens with one attached hydrogen (secondary N) is 2. The van der Waals surface area contributed by atoms with E-state index in [1.807, 2.05) is 0 Å². The Hall–Kier alpha value is -2.83. The zero-order valence-electron chi connectivity index (χ0n) is 15.8. The third-order valence-electron chi connectivity index (χ3n) is 4.20. The molecule has 2 amide bonds. The summed E-state index contributed by atoms with van der Waals surface area (Å²) < 4.78 is 69.9. The number of carbonyl (C=O) groups excluding carboxylic acids is 2. The van der Waals surface area contributed by atoms with Crippen LogP contribution in [0, 0.1) is 0 Å². The molecule has 166 valence electrons. The van der Waals surface area contributed by atoms with Gasteiger partial charge in [-0.1, -0.05) is 17.7 Å². The highest BCUT2D eigenvalue weighted by molar-refractivity contribution is 7.89. The van der Waals surface area contributed by atoms with E-state index in [0.717, 1.165) is 31.3 Å². The second-order valence-electron chi connectivity index (χ2n) is 6.50. The van der Waals surface area contributed by atoms with Gasteiger partial charge in [0.2, 0.25) is 15.9 Å². The number of ether oxygens (including phenoxy) is 1. The fourth-order valence-electron chi connectivity index (χ4n) is 2.71. The van der Waals surface area contributed by atoms with Crippen molar-refractivity contribution in [2.24, 2.45) is 0 Å². The molecule has 0 spiro atoms. The van der Waals surface area contributed by atoms with Crippen LogP contribution >= 0.6 is 11.6 Å². The topological polar surface area (TPSA) is 105 Å². The van der Waals surface area contributed by atoms with E-state index >= 15 is 0 Å². The molecule has 1 aliphatic rings. The number of hydrogen-bond donors (Lipinski definition) is 2. The number of carbonyl (C=O) groups is 2. The summed E-state index contributed by atoms with van der Waals surface area (Å²) in [6.45, 7) is -0.993. The standard InChI is InChI=1S/C18H15ClF3N3O5S/c1-25(8-16(26)23-11-4-2-3-10(5-11)18(20,21)22)31(28,29)15-7-14-13(6-12(15)19)24-17(27)9-30-14/h2-7H,8-9H2,1H3,(H,23,26)(H,24,27). The fourth-order valence-corrected chi connectivity index (χ4v) is 4.35. The Labute approximate surface area is 180 Å². The minimum absolute atomic E-state index is 0.0874. The quantitative estimate of drug-likeness (QED) is 0.689. The van der Waals surface area contributed by atoms with Gasteiger partial charge in [-0.2, -0.15) is 17.5 Å². The highest BCUT2D eigenvalue weighted by Gasteiger charge is 2.31. The van der Waals surface area contributed by atoms with Gasteiger partial charge in [0.15, 0.2) is 6.61 Å². The summed E-state index contributed by atoms with van der Waals surface area (Å²) in [5, 5.41) is 4.50. The average molecular weight is 478 g/mol. The third kappa shape index (κ3) is 5.09. The lowest BCUT2D eigenvalue weighted by atomic mass is 10.2. The molecule has 0 saturated heterocycles. The summed E-state index contributed by atoms with van der Waals surface area (Å²) in [6.07, 6.45) is -4.59. The molecule has 1 heterocycles. The van der Waals surface area contributed by atoms with Gasteiger partial charge in [0.05, 0.1) is 22.8 Å². The molecule has 0 fully saturated rings. The Morgan fingerprint density at radius 1 is 1.29 bits per heavy atom.